The van der Waals surface area contributed by atoms with Gasteiger partial charge in [-0.15, -0.1) is 0 Å². The van der Waals surface area contributed by atoms with E-state index in [2.05, 4.69) is 10.0 Å². The number of anilines is 2. The highest BCUT2D eigenvalue weighted by Crippen LogP contribution is 2.26. The number of rotatable bonds is 6. The van der Waals surface area contributed by atoms with Gasteiger partial charge in [-0.2, -0.15) is 0 Å². The number of methoxy groups -OCH3 is 1. The molecule has 5 nitrogen and oxygen atoms in total. The van der Waals surface area contributed by atoms with E-state index < -0.39 is 10.0 Å². The maximum atomic E-state index is 11.4. The third-order valence-electron chi connectivity index (χ3n) is 3.34. The molecule has 0 spiro atoms. The van der Waals surface area contributed by atoms with Crippen LogP contribution >= 0.6 is 0 Å². The van der Waals surface area contributed by atoms with Gasteiger partial charge in [-0.3, -0.25) is 4.72 Å². The van der Waals surface area contributed by atoms with E-state index in [4.69, 9.17) is 4.74 Å². The Morgan fingerprint density at radius 1 is 1.21 bits per heavy atom. The van der Waals surface area contributed by atoms with E-state index in [-0.39, 0.29) is 5.75 Å². The molecule has 0 aliphatic heterocycles. The van der Waals surface area contributed by atoms with Crippen molar-refractivity contribution in [2.45, 2.75) is 31.9 Å². The van der Waals surface area contributed by atoms with E-state index in [1.165, 1.54) is 0 Å². The summed E-state index contributed by atoms with van der Waals surface area (Å²) in [5.74, 6) is 0.0769. The van der Waals surface area contributed by atoms with E-state index in [0.717, 1.165) is 18.5 Å². The summed E-state index contributed by atoms with van der Waals surface area (Å²) >= 11 is 0. The first-order chi connectivity index (χ1) is 9.02. The second-order valence-corrected chi connectivity index (χ2v) is 6.76. The molecule has 106 valence electrons. The van der Waals surface area contributed by atoms with Crippen LogP contribution in [-0.4, -0.2) is 33.4 Å². The second-order valence-electron chi connectivity index (χ2n) is 4.75. The Balaban J connectivity index is 1.88. The summed E-state index contributed by atoms with van der Waals surface area (Å²) in [6.07, 6.45) is 2.40. The Morgan fingerprint density at radius 2 is 1.79 bits per heavy atom. The van der Waals surface area contributed by atoms with Crippen molar-refractivity contribution in [3.63, 3.8) is 0 Å². The molecule has 0 atom stereocenters. The average molecular weight is 284 g/mol. The highest BCUT2D eigenvalue weighted by atomic mass is 32.2. The lowest BCUT2D eigenvalue weighted by Crippen LogP contribution is -2.40. The maximum absolute atomic E-state index is 11.4. The lowest BCUT2D eigenvalue weighted by atomic mass is 9.89. The quantitative estimate of drug-likeness (QED) is 0.839. The zero-order valence-electron chi connectivity index (χ0n) is 11.2. The largest absolute Gasteiger partial charge is 0.382 e. The van der Waals surface area contributed by atoms with E-state index >= 15 is 0 Å². The van der Waals surface area contributed by atoms with Crippen LogP contribution in [0.15, 0.2) is 24.3 Å². The van der Waals surface area contributed by atoms with Crippen molar-refractivity contribution in [1.82, 2.24) is 0 Å². The molecular weight excluding hydrogens is 264 g/mol. The van der Waals surface area contributed by atoms with Gasteiger partial charge in [0.25, 0.3) is 0 Å². The van der Waals surface area contributed by atoms with Gasteiger partial charge in [-0.05, 0) is 44.0 Å². The van der Waals surface area contributed by atoms with Gasteiger partial charge in [0.05, 0.1) is 11.9 Å². The van der Waals surface area contributed by atoms with Crippen molar-refractivity contribution in [1.29, 1.82) is 0 Å². The molecule has 1 aliphatic carbocycles. The molecule has 0 aromatic heterocycles. The Hall–Kier alpha value is -1.27. The van der Waals surface area contributed by atoms with Gasteiger partial charge >= 0.3 is 0 Å². The van der Waals surface area contributed by atoms with Gasteiger partial charge in [0, 0.05) is 24.5 Å². The minimum atomic E-state index is -3.20. The zero-order valence-corrected chi connectivity index (χ0v) is 12.0. The van der Waals surface area contributed by atoms with Gasteiger partial charge in [0.2, 0.25) is 10.0 Å². The molecule has 1 aliphatic rings. The lowest BCUT2D eigenvalue weighted by Gasteiger charge is -2.35. The van der Waals surface area contributed by atoms with Crippen LogP contribution in [0.2, 0.25) is 0 Å². The molecule has 0 saturated heterocycles. The number of ether oxygens (including phenoxy) is 1. The summed E-state index contributed by atoms with van der Waals surface area (Å²) < 4.78 is 30.6. The number of nitrogens with one attached hydrogen (secondary N) is 2. The molecule has 0 unspecified atom stereocenters. The monoisotopic (exact) mass is 284 g/mol. The molecule has 0 radical (unpaired) electrons. The molecule has 1 saturated carbocycles. The molecule has 1 aromatic rings. The minimum absolute atomic E-state index is 0.0769. The van der Waals surface area contributed by atoms with Crippen LogP contribution in [0.4, 0.5) is 11.4 Å². The lowest BCUT2D eigenvalue weighted by molar-refractivity contribution is 0.0329. The van der Waals surface area contributed by atoms with E-state index in [1.54, 1.807) is 26.2 Å². The molecule has 1 fully saturated rings. The number of benzene rings is 1. The van der Waals surface area contributed by atoms with Crippen LogP contribution in [0.5, 0.6) is 0 Å². The molecular formula is C13H20N2O3S. The first-order valence-corrected chi connectivity index (χ1v) is 8.07. The standard InChI is InChI=1S/C13H20N2O3S/c1-3-19(16,17)15-11-6-4-10(5-7-11)14-12-8-13(9-12)18-2/h4-7,12-15H,3,8-9H2,1-2H3. The fourth-order valence-electron chi connectivity index (χ4n) is 2.00. The van der Waals surface area contributed by atoms with Crippen molar-refractivity contribution >= 4 is 21.4 Å². The van der Waals surface area contributed by atoms with E-state index in [1.807, 2.05) is 12.1 Å². The van der Waals surface area contributed by atoms with Gasteiger partial charge in [0.1, 0.15) is 0 Å². The molecule has 0 heterocycles. The number of hydrogen-bond donors (Lipinski definition) is 2. The summed E-state index contributed by atoms with van der Waals surface area (Å²) in [4.78, 5) is 0. The first kappa shape index (κ1) is 14.1. The molecule has 19 heavy (non-hydrogen) atoms. The van der Waals surface area contributed by atoms with E-state index in [9.17, 15) is 8.42 Å². The van der Waals surface area contributed by atoms with Crippen LogP contribution in [0.3, 0.4) is 0 Å². The Bertz CT molecular complexity index is 507. The predicted octanol–water partition coefficient (Wildman–Crippen LogP) is 2.04. The van der Waals surface area contributed by atoms with Gasteiger partial charge in [0.15, 0.2) is 0 Å². The molecule has 2 N–H and O–H groups in total. The van der Waals surface area contributed by atoms with Crippen LogP contribution in [0, 0.1) is 0 Å². The Kier molecular flexibility index (Phi) is 4.31. The van der Waals surface area contributed by atoms with Crippen molar-refractivity contribution < 1.29 is 13.2 Å². The van der Waals surface area contributed by atoms with Gasteiger partial charge in [-0.25, -0.2) is 8.42 Å². The first-order valence-electron chi connectivity index (χ1n) is 6.42. The fraction of sp³-hybridized carbons (Fsp3) is 0.538. The Morgan fingerprint density at radius 3 is 2.32 bits per heavy atom. The number of sulfonamides is 1. The van der Waals surface area contributed by atoms with Crippen molar-refractivity contribution in [3.8, 4) is 0 Å². The molecule has 2 rings (SSSR count). The maximum Gasteiger partial charge on any atom is 0.232 e. The van der Waals surface area contributed by atoms with Crippen LogP contribution in [0.1, 0.15) is 19.8 Å². The second kappa shape index (κ2) is 5.79. The summed E-state index contributed by atoms with van der Waals surface area (Å²) in [6.45, 7) is 1.61. The minimum Gasteiger partial charge on any atom is -0.382 e. The normalized spacial score (nSPS) is 22.6. The van der Waals surface area contributed by atoms with Crippen molar-refractivity contribution in [3.05, 3.63) is 24.3 Å². The fourth-order valence-corrected chi connectivity index (χ4v) is 2.64. The summed E-state index contributed by atoms with van der Waals surface area (Å²) in [7, 11) is -1.47. The van der Waals surface area contributed by atoms with Crippen LogP contribution in [-0.2, 0) is 14.8 Å². The molecule has 0 amide bonds. The summed E-state index contributed by atoms with van der Waals surface area (Å²) in [6, 6.07) is 7.74. The topological polar surface area (TPSA) is 67.4 Å². The highest BCUT2D eigenvalue weighted by molar-refractivity contribution is 7.92. The van der Waals surface area contributed by atoms with Crippen LogP contribution < -0.4 is 10.0 Å². The number of hydrogen-bond acceptors (Lipinski definition) is 4. The van der Waals surface area contributed by atoms with Gasteiger partial charge in [-0.1, -0.05) is 0 Å². The van der Waals surface area contributed by atoms with Crippen molar-refractivity contribution in [2.24, 2.45) is 0 Å². The molecule has 0 bridgehead atoms. The summed E-state index contributed by atoms with van der Waals surface area (Å²) in [5.41, 5.74) is 1.59. The third-order valence-corrected chi connectivity index (χ3v) is 4.64. The highest BCUT2D eigenvalue weighted by Gasteiger charge is 2.28. The average Bonchev–Trinajstić information content (AvgIpc) is 2.35. The van der Waals surface area contributed by atoms with Gasteiger partial charge < -0.3 is 10.1 Å². The summed E-state index contributed by atoms with van der Waals surface area (Å²) in [5, 5.41) is 3.39. The third kappa shape index (κ3) is 3.84. The van der Waals surface area contributed by atoms with Crippen LogP contribution in [0.25, 0.3) is 0 Å². The molecule has 6 heteroatoms. The smallest absolute Gasteiger partial charge is 0.232 e. The Labute approximate surface area is 114 Å². The van der Waals surface area contributed by atoms with Crippen molar-refractivity contribution in [2.75, 3.05) is 22.9 Å². The van der Waals surface area contributed by atoms with E-state index in [0.29, 0.717) is 17.8 Å². The molecule has 1 aromatic carbocycles. The zero-order chi connectivity index (χ0) is 13.9. The predicted molar refractivity (Wildman–Crippen MR) is 77.0 cm³/mol. The SMILES string of the molecule is CCS(=O)(=O)Nc1ccc(NC2CC(OC)C2)cc1.